The Morgan fingerprint density at radius 2 is 2.18 bits per heavy atom. The lowest BCUT2D eigenvalue weighted by atomic mass is 10.1. The Kier molecular flexibility index (Phi) is 6.10. The fourth-order valence-electron chi connectivity index (χ4n) is 1.43. The molecule has 0 aliphatic rings. The standard InChI is InChI=1S/C11H21N3O3/c1-4-16-10(8(2)3)11-13-9(17-14-11)7-15-6-5-12/h8,10H,4-7,12H2,1-3H3. The van der Waals surface area contributed by atoms with E-state index in [-0.39, 0.29) is 6.10 Å². The number of hydrogen-bond acceptors (Lipinski definition) is 6. The monoisotopic (exact) mass is 243 g/mol. The van der Waals surface area contributed by atoms with Crippen molar-refractivity contribution in [3.05, 3.63) is 11.7 Å². The van der Waals surface area contributed by atoms with Gasteiger partial charge >= 0.3 is 0 Å². The lowest BCUT2D eigenvalue weighted by molar-refractivity contribution is 0.0217. The van der Waals surface area contributed by atoms with Gasteiger partial charge in [0.05, 0.1) is 6.61 Å². The SMILES string of the molecule is CCOC(c1noc(COCCN)n1)C(C)C. The summed E-state index contributed by atoms with van der Waals surface area (Å²) < 4.78 is 15.9. The minimum atomic E-state index is -0.132. The topological polar surface area (TPSA) is 83.4 Å². The zero-order valence-electron chi connectivity index (χ0n) is 10.7. The van der Waals surface area contributed by atoms with Gasteiger partial charge in [-0.25, -0.2) is 0 Å². The summed E-state index contributed by atoms with van der Waals surface area (Å²) >= 11 is 0. The molecule has 6 heteroatoms. The number of aromatic nitrogens is 2. The van der Waals surface area contributed by atoms with E-state index in [2.05, 4.69) is 24.0 Å². The Labute approximate surface area is 101 Å². The number of nitrogens with two attached hydrogens (primary N) is 1. The van der Waals surface area contributed by atoms with Gasteiger partial charge in [-0.1, -0.05) is 19.0 Å². The van der Waals surface area contributed by atoms with Gasteiger partial charge in [0.25, 0.3) is 5.89 Å². The lowest BCUT2D eigenvalue weighted by Gasteiger charge is -2.16. The summed E-state index contributed by atoms with van der Waals surface area (Å²) in [4.78, 5) is 4.25. The van der Waals surface area contributed by atoms with Crippen molar-refractivity contribution in [3.63, 3.8) is 0 Å². The van der Waals surface area contributed by atoms with E-state index >= 15 is 0 Å². The highest BCUT2D eigenvalue weighted by molar-refractivity contribution is 4.92. The Morgan fingerprint density at radius 3 is 2.76 bits per heavy atom. The van der Waals surface area contributed by atoms with Crippen LogP contribution in [0.2, 0.25) is 0 Å². The van der Waals surface area contributed by atoms with Crippen LogP contribution in [0.1, 0.15) is 38.6 Å². The van der Waals surface area contributed by atoms with Crippen LogP contribution < -0.4 is 5.73 Å². The molecule has 0 radical (unpaired) electrons. The maximum atomic E-state index is 5.58. The van der Waals surface area contributed by atoms with Crippen LogP contribution in [0.25, 0.3) is 0 Å². The van der Waals surface area contributed by atoms with E-state index in [0.717, 1.165) is 0 Å². The van der Waals surface area contributed by atoms with Crippen LogP contribution in [0.5, 0.6) is 0 Å². The van der Waals surface area contributed by atoms with E-state index < -0.39 is 0 Å². The second kappa shape index (κ2) is 7.37. The van der Waals surface area contributed by atoms with Gasteiger partial charge in [0, 0.05) is 13.2 Å². The summed E-state index contributed by atoms with van der Waals surface area (Å²) in [5.41, 5.74) is 5.31. The molecule has 0 fully saturated rings. The Morgan fingerprint density at radius 1 is 1.41 bits per heavy atom. The fourth-order valence-corrected chi connectivity index (χ4v) is 1.43. The molecule has 1 heterocycles. The van der Waals surface area contributed by atoms with Crippen LogP contribution in [-0.4, -0.2) is 29.9 Å². The van der Waals surface area contributed by atoms with Crippen LogP contribution in [0.3, 0.4) is 0 Å². The van der Waals surface area contributed by atoms with Crippen molar-refractivity contribution in [1.82, 2.24) is 10.1 Å². The smallest absolute Gasteiger partial charge is 0.252 e. The minimum absolute atomic E-state index is 0.132. The highest BCUT2D eigenvalue weighted by Gasteiger charge is 2.22. The summed E-state index contributed by atoms with van der Waals surface area (Å²) in [6, 6.07) is 0. The molecule has 17 heavy (non-hydrogen) atoms. The van der Waals surface area contributed by atoms with Crippen molar-refractivity contribution in [2.75, 3.05) is 19.8 Å². The number of ether oxygens (including phenoxy) is 2. The zero-order valence-corrected chi connectivity index (χ0v) is 10.7. The molecule has 6 nitrogen and oxygen atoms in total. The third kappa shape index (κ3) is 4.41. The average Bonchev–Trinajstić information content (AvgIpc) is 2.74. The molecule has 98 valence electrons. The zero-order chi connectivity index (χ0) is 12.7. The molecule has 0 saturated heterocycles. The average molecular weight is 243 g/mol. The first-order valence-electron chi connectivity index (χ1n) is 5.90. The summed E-state index contributed by atoms with van der Waals surface area (Å²) in [5.74, 6) is 1.33. The molecule has 0 saturated carbocycles. The van der Waals surface area contributed by atoms with Gasteiger partial charge in [-0.05, 0) is 12.8 Å². The van der Waals surface area contributed by atoms with E-state index in [1.54, 1.807) is 0 Å². The molecule has 1 atom stereocenters. The maximum absolute atomic E-state index is 5.58. The van der Waals surface area contributed by atoms with Crippen molar-refractivity contribution in [2.45, 2.75) is 33.5 Å². The van der Waals surface area contributed by atoms with E-state index in [1.807, 2.05) is 6.92 Å². The molecule has 0 aliphatic heterocycles. The number of rotatable bonds is 8. The molecule has 2 N–H and O–H groups in total. The first-order chi connectivity index (χ1) is 8.19. The third-order valence-corrected chi connectivity index (χ3v) is 2.18. The third-order valence-electron chi connectivity index (χ3n) is 2.18. The van der Waals surface area contributed by atoms with Gasteiger partial charge in [-0.15, -0.1) is 0 Å². The van der Waals surface area contributed by atoms with Crippen molar-refractivity contribution in [3.8, 4) is 0 Å². The fraction of sp³-hybridized carbons (Fsp3) is 0.818. The van der Waals surface area contributed by atoms with Crippen molar-refractivity contribution < 1.29 is 14.0 Å². The van der Waals surface area contributed by atoms with Crippen molar-refractivity contribution in [2.24, 2.45) is 11.7 Å². The molecule has 1 aromatic rings. The molecule has 0 spiro atoms. The van der Waals surface area contributed by atoms with Crippen LogP contribution in [0.15, 0.2) is 4.52 Å². The van der Waals surface area contributed by atoms with Crippen molar-refractivity contribution >= 4 is 0 Å². The van der Waals surface area contributed by atoms with E-state index in [9.17, 15) is 0 Å². The molecule has 1 rings (SSSR count). The summed E-state index contributed by atoms with van der Waals surface area (Å²) in [6.07, 6.45) is -0.132. The largest absolute Gasteiger partial charge is 0.370 e. The number of hydrogen-bond donors (Lipinski definition) is 1. The molecule has 1 unspecified atom stereocenters. The van der Waals surface area contributed by atoms with Crippen LogP contribution in [0.4, 0.5) is 0 Å². The first-order valence-corrected chi connectivity index (χ1v) is 5.90. The summed E-state index contributed by atoms with van der Waals surface area (Å²) in [6.45, 7) is 7.94. The summed E-state index contributed by atoms with van der Waals surface area (Å²) in [7, 11) is 0. The van der Waals surface area contributed by atoms with Crippen LogP contribution >= 0.6 is 0 Å². The molecular weight excluding hydrogens is 222 g/mol. The van der Waals surface area contributed by atoms with Crippen LogP contribution in [-0.2, 0) is 16.1 Å². The van der Waals surface area contributed by atoms with Crippen LogP contribution in [0, 0.1) is 5.92 Å². The normalized spacial score (nSPS) is 13.2. The van der Waals surface area contributed by atoms with E-state index in [4.69, 9.17) is 19.7 Å². The lowest BCUT2D eigenvalue weighted by Crippen LogP contribution is -2.13. The maximum Gasteiger partial charge on any atom is 0.252 e. The first kappa shape index (κ1) is 14.1. The number of nitrogens with zero attached hydrogens (tertiary/aromatic N) is 2. The Balaban J connectivity index is 2.58. The highest BCUT2D eigenvalue weighted by Crippen LogP contribution is 2.23. The predicted octanol–water partition coefficient (Wildman–Crippen LogP) is 1.28. The summed E-state index contributed by atoms with van der Waals surface area (Å²) in [5, 5.41) is 3.91. The van der Waals surface area contributed by atoms with Gasteiger partial charge in [0.1, 0.15) is 12.7 Å². The van der Waals surface area contributed by atoms with Gasteiger partial charge in [0.15, 0.2) is 0 Å². The van der Waals surface area contributed by atoms with E-state index in [1.165, 1.54) is 0 Å². The predicted molar refractivity (Wildman–Crippen MR) is 62.2 cm³/mol. The second-order valence-corrected chi connectivity index (χ2v) is 4.01. The highest BCUT2D eigenvalue weighted by atomic mass is 16.5. The Hall–Kier alpha value is -0.980. The van der Waals surface area contributed by atoms with Gasteiger partial charge in [0.2, 0.25) is 5.82 Å². The van der Waals surface area contributed by atoms with E-state index in [0.29, 0.717) is 44.0 Å². The molecule has 0 bridgehead atoms. The molecule has 0 aromatic carbocycles. The minimum Gasteiger partial charge on any atom is -0.370 e. The molecule has 0 amide bonds. The van der Waals surface area contributed by atoms with Gasteiger partial charge in [-0.2, -0.15) is 4.98 Å². The van der Waals surface area contributed by atoms with Gasteiger partial charge < -0.3 is 19.7 Å². The molecule has 1 aromatic heterocycles. The van der Waals surface area contributed by atoms with Gasteiger partial charge in [-0.3, -0.25) is 0 Å². The molecular formula is C11H21N3O3. The molecule has 0 aliphatic carbocycles. The quantitative estimate of drug-likeness (QED) is 0.692. The second-order valence-electron chi connectivity index (χ2n) is 4.01. The Bertz CT molecular complexity index is 315. The van der Waals surface area contributed by atoms with Crippen molar-refractivity contribution in [1.29, 1.82) is 0 Å².